The predicted octanol–water partition coefficient (Wildman–Crippen LogP) is 7.06. The fourth-order valence-corrected chi connectivity index (χ4v) is 9.04. The Kier molecular flexibility index (Phi) is 10.2. The van der Waals surface area contributed by atoms with Crippen molar-refractivity contribution in [2.45, 2.75) is 69.8 Å². The Hall–Kier alpha value is -3.05. The Morgan fingerprint density at radius 2 is 1.90 bits per heavy atom. The van der Waals surface area contributed by atoms with Crippen LogP contribution in [0, 0.1) is 17.8 Å². The highest BCUT2D eigenvalue weighted by Gasteiger charge is 2.50. The fourth-order valence-electron chi connectivity index (χ4n) is 7.42. The molecule has 1 saturated carbocycles. The van der Waals surface area contributed by atoms with Gasteiger partial charge in [0.05, 0.1) is 22.8 Å². The van der Waals surface area contributed by atoms with Gasteiger partial charge >= 0.3 is 0 Å². The Balaban J connectivity index is 1.46. The van der Waals surface area contributed by atoms with Crippen LogP contribution in [0.15, 0.2) is 54.7 Å². The van der Waals surface area contributed by atoms with Crippen LogP contribution in [0.4, 0.5) is 5.69 Å². The molecule has 3 heterocycles. The van der Waals surface area contributed by atoms with Crippen molar-refractivity contribution in [3.8, 4) is 5.75 Å². The van der Waals surface area contributed by atoms with E-state index < -0.39 is 26.8 Å². The van der Waals surface area contributed by atoms with Crippen molar-refractivity contribution in [1.82, 2.24) is 14.3 Å². The largest absolute Gasteiger partial charge is 0.487 e. The van der Waals surface area contributed by atoms with Gasteiger partial charge in [0.25, 0.3) is 5.91 Å². The molecule has 9 nitrogen and oxygen atoms in total. The number of hydrogen-bond donors (Lipinski definition) is 1. The van der Waals surface area contributed by atoms with E-state index >= 15 is 0 Å². The molecule has 1 fully saturated rings. The summed E-state index contributed by atoms with van der Waals surface area (Å²) in [4.78, 5) is 20.2. The van der Waals surface area contributed by atoms with Crippen LogP contribution < -0.4 is 14.4 Å². The summed E-state index contributed by atoms with van der Waals surface area (Å²) in [6.07, 6.45) is 11.0. The molecule has 2 aromatic carbocycles. The van der Waals surface area contributed by atoms with Crippen molar-refractivity contribution in [2.24, 2.45) is 24.8 Å². The van der Waals surface area contributed by atoms with Crippen molar-refractivity contribution in [2.75, 3.05) is 25.1 Å². The average molecular weight is 716 g/mol. The average Bonchev–Trinajstić information content (AvgIpc) is 3.37. The van der Waals surface area contributed by atoms with Crippen LogP contribution in [-0.2, 0) is 40.4 Å². The third-order valence-electron chi connectivity index (χ3n) is 10.7. The third-order valence-corrected chi connectivity index (χ3v) is 13.2. The molecule has 12 heteroatoms. The first kappa shape index (κ1) is 34.8. The summed E-state index contributed by atoms with van der Waals surface area (Å²) in [6, 6.07) is 11.1. The van der Waals surface area contributed by atoms with E-state index in [0.29, 0.717) is 35.6 Å². The van der Waals surface area contributed by atoms with E-state index in [9.17, 15) is 13.2 Å². The summed E-state index contributed by atoms with van der Waals surface area (Å²) in [5.41, 5.74) is 3.27. The maximum absolute atomic E-state index is 13.5. The first-order chi connectivity index (χ1) is 22.9. The number of anilines is 1. The second kappa shape index (κ2) is 14.1. The molecular weight excluding hydrogens is 671 g/mol. The van der Waals surface area contributed by atoms with Gasteiger partial charge < -0.3 is 18.9 Å². The number of fused-ring (bicyclic) bond motifs is 3. The minimum absolute atomic E-state index is 0.0926. The number of methoxy groups -OCH3 is 1. The molecule has 0 saturated heterocycles. The summed E-state index contributed by atoms with van der Waals surface area (Å²) in [5.74, 6) is 0.0269. The lowest BCUT2D eigenvalue weighted by Crippen LogP contribution is -2.50. The van der Waals surface area contributed by atoms with E-state index in [1.54, 1.807) is 38.4 Å². The molecule has 2 bridgehead atoms. The number of benzene rings is 2. The maximum Gasteiger partial charge on any atom is 0.264 e. The van der Waals surface area contributed by atoms with E-state index in [-0.39, 0.29) is 23.3 Å². The molecule has 5 atom stereocenters. The van der Waals surface area contributed by atoms with Gasteiger partial charge in [0.2, 0.25) is 15.3 Å². The number of rotatable bonds is 2. The number of nitrogens with one attached hydrogen (secondary N) is 1. The number of hydrogen-bond acceptors (Lipinski definition) is 7. The molecule has 1 aromatic heterocycles. The summed E-state index contributed by atoms with van der Waals surface area (Å²) in [7, 11) is -0.377. The summed E-state index contributed by atoms with van der Waals surface area (Å²) in [5, 5.41) is 0.243. The SMILES string of the molecule is CO[C@]1(c2cnc(Cl)n2C)/C=C/C[C@H](C)[C@@H](C)S(=O)(=O)NC(=O)c2ccc3c(c2)N(CCCCc2cc(Cl)ccc2CO3)C[C@@H]2CC[C@H]21. The van der Waals surface area contributed by atoms with E-state index in [1.165, 1.54) is 0 Å². The first-order valence-corrected chi connectivity index (χ1v) is 19.0. The highest BCUT2D eigenvalue weighted by Crippen LogP contribution is 2.51. The van der Waals surface area contributed by atoms with E-state index in [2.05, 4.69) is 20.7 Å². The second-order valence-electron chi connectivity index (χ2n) is 13.5. The summed E-state index contributed by atoms with van der Waals surface area (Å²) < 4.78 is 44.1. The molecule has 3 aromatic rings. The van der Waals surface area contributed by atoms with Gasteiger partial charge in [-0.1, -0.05) is 36.7 Å². The van der Waals surface area contributed by atoms with E-state index in [1.807, 2.05) is 42.8 Å². The molecular formula is C36H44Cl2N4O5S. The lowest BCUT2D eigenvalue weighted by atomic mass is 9.63. The minimum Gasteiger partial charge on any atom is -0.487 e. The van der Waals surface area contributed by atoms with Gasteiger partial charge in [-0.05, 0) is 110 Å². The van der Waals surface area contributed by atoms with Crippen LogP contribution in [0.1, 0.15) is 73.1 Å². The number of halogens is 2. The van der Waals surface area contributed by atoms with E-state index in [0.717, 1.165) is 61.2 Å². The lowest BCUT2D eigenvalue weighted by molar-refractivity contribution is -0.0845. The molecule has 258 valence electrons. The minimum atomic E-state index is -3.99. The van der Waals surface area contributed by atoms with Crippen molar-refractivity contribution in [3.63, 3.8) is 0 Å². The van der Waals surface area contributed by atoms with Gasteiger partial charge in [-0.15, -0.1) is 0 Å². The highest BCUT2D eigenvalue weighted by atomic mass is 35.5. The van der Waals surface area contributed by atoms with Crippen LogP contribution in [0.25, 0.3) is 0 Å². The number of imidazole rings is 1. The Morgan fingerprint density at radius 3 is 2.60 bits per heavy atom. The quantitative estimate of drug-likeness (QED) is 0.284. The number of allylic oxidation sites excluding steroid dienone is 1. The van der Waals surface area contributed by atoms with Crippen molar-refractivity contribution in [3.05, 3.63) is 87.4 Å². The van der Waals surface area contributed by atoms with Crippen LogP contribution in [0.3, 0.4) is 0 Å². The normalized spacial score (nSPS) is 28.5. The Bertz CT molecular complexity index is 1810. The van der Waals surface area contributed by atoms with Gasteiger partial charge in [0, 0.05) is 43.8 Å². The summed E-state index contributed by atoms with van der Waals surface area (Å²) in [6.45, 7) is 5.28. The number of sulfonamides is 1. The van der Waals surface area contributed by atoms with Crippen LogP contribution in [-0.4, -0.2) is 49.3 Å². The number of carbonyl (C=O) groups excluding carboxylic acids is 1. The summed E-state index contributed by atoms with van der Waals surface area (Å²) >= 11 is 12.8. The number of aromatic nitrogens is 2. The standard InChI is InChI=1S/C36H44Cl2N4O5S/c1-23-8-7-16-36(46-4,33-20-39-35(38)41(33)3)30-14-11-27(30)21-42-17-6-5-9-25-18-29(37)13-10-28(25)22-47-32-15-12-26(19-31(32)42)34(43)40-48(44,45)24(23)2/h7,10,12-13,15-16,18-20,23-24,27,30H,5-6,8-9,11,14,17,21-22H2,1-4H3,(H,40,43)/b16-7+/t23-,24+,27-,30+,36+/m0/s1. The van der Waals surface area contributed by atoms with Gasteiger partial charge in [0.1, 0.15) is 18.0 Å². The third kappa shape index (κ3) is 6.73. The molecule has 1 N–H and O–H groups in total. The Morgan fingerprint density at radius 1 is 1.08 bits per heavy atom. The molecule has 2 aliphatic heterocycles. The lowest BCUT2D eigenvalue weighted by Gasteiger charge is -2.49. The molecule has 48 heavy (non-hydrogen) atoms. The second-order valence-corrected chi connectivity index (χ2v) is 16.3. The number of ether oxygens (including phenoxy) is 2. The molecule has 6 rings (SSSR count). The molecule has 0 radical (unpaired) electrons. The number of carbonyl (C=O) groups is 1. The van der Waals surface area contributed by atoms with Gasteiger partial charge in [-0.2, -0.15) is 0 Å². The predicted molar refractivity (Wildman–Crippen MR) is 189 cm³/mol. The topological polar surface area (TPSA) is 103 Å². The maximum atomic E-state index is 13.5. The zero-order valence-electron chi connectivity index (χ0n) is 27.9. The zero-order chi connectivity index (χ0) is 34.2. The molecule has 0 unspecified atom stereocenters. The van der Waals surface area contributed by atoms with Crippen LogP contribution in [0.2, 0.25) is 10.3 Å². The van der Waals surface area contributed by atoms with Crippen LogP contribution >= 0.6 is 23.2 Å². The molecule has 3 aliphatic rings. The number of nitrogens with zero attached hydrogens (tertiary/aromatic N) is 3. The zero-order valence-corrected chi connectivity index (χ0v) is 30.2. The molecule has 0 spiro atoms. The number of aryl methyl sites for hydroxylation is 1. The molecule has 1 amide bonds. The Labute approximate surface area is 293 Å². The van der Waals surface area contributed by atoms with E-state index in [4.69, 9.17) is 32.7 Å². The van der Waals surface area contributed by atoms with Gasteiger partial charge in [-0.3, -0.25) is 4.79 Å². The number of amides is 1. The fraction of sp³-hybridized carbons (Fsp3) is 0.500. The van der Waals surface area contributed by atoms with Crippen LogP contribution in [0.5, 0.6) is 5.75 Å². The van der Waals surface area contributed by atoms with Gasteiger partial charge in [-0.25, -0.2) is 18.1 Å². The smallest absolute Gasteiger partial charge is 0.264 e. The van der Waals surface area contributed by atoms with Crippen molar-refractivity contribution >= 4 is 44.8 Å². The highest BCUT2D eigenvalue weighted by molar-refractivity contribution is 7.90. The van der Waals surface area contributed by atoms with Gasteiger partial charge in [0.15, 0.2) is 0 Å². The van der Waals surface area contributed by atoms with Crippen molar-refractivity contribution in [1.29, 1.82) is 0 Å². The first-order valence-electron chi connectivity index (χ1n) is 16.7. The monoisotopic (exact) mass is 714 g/mol. The van der Waals surface area contributed by atoms with Crippen molar-refractivity contribution < 1.29 is 22.7 Å². The molecule has 1 aliphatic carbocycles.